The molecule has 9 heteroatoms. The van der Waals surface area contributed by atoms with Crippen LogP contribution in [0, 0.1) is 12.8 Å². The van der Waals surface area contributed by atoms with Gasteiger partial charge in [0.2, 0.25) is 5.56 Å². The summed E-state index contributed by atoms with van der Waals surface area (Å²) in [7, 11) is 4.75. The van der Waals surface area contributed by atoms with Crippen molar-refractivity contribution < 1.29 is 33.2 Å². The zero-order chi connectivity index (χ0) is 30.4. The number of H-pyrrole nitrogens is 1. The number of benzene rings is 3. The average Bonchev–Trinajstić information content (AvgIpc) is 3.46. The van der Waals surface area contributed by atoms with E-state index in [1.165, 1.54) is 0 Å². The van der Waals surface area contributed by atoms with E-state index in [9.17, 15) is 9.59 Å². The highest BCUT2D eigenvalue weighted by Gasteiger charge is 2.45. The van der Waals surface area contributed by atoms with Crippen molar-refractivity contribution in [3.05, 3.63) is 81.1 Å². The molecule has 3 aliphatic rings. The summed E-state index contributed by atoms with van der Waals surface area (Å²) in [6.07, 6.45) is 0.474. The molecule has 0 aliphatic carbocycles. The first-order valence-corrected chi connectivity index (χ1v) is 14.3. The van der Waals surface area contributed by atoms with E-state index < -0.39 is 5.92 Å². The number of hydrogen-bond acceptors (Lipinski definition) is 8. The number of ether oxygens (including phenoxy) is 6. The molecule has 43 heavy (non-hydrogen) atoms. The van der Waals surface area contributed by atoms with Crippen molar-refractivity contribution in [2.75, 3.05) is 27.9 Å². The molecule has 1 N–H and O–H groups in total. The molecule has 3 unspecified atom stereocenters. The molecule has 0 spiro atoms. The van der Waals surface area contributed by atoms with Gasteiger partial charge in [0, 0.05) is 35.1 Å². The number of rotatable bonds is 4. The van der Waals surface area contributed by atoms with Crippen molar-refractivity contribution in [1.82, 2.24) is 4.98 Å². The summed E-state index contributed by atoms with van der Waals surface area (Å²) >= 11 is 0. The minimum Gasteiger partial charge on any atom is -0.495 e. The second-order valence-electron chi connectivity index (χ2n) is 11.3. The summed E-state index contributed by atoms with van der Waals surface area (Å²) in [6.45, 7) is 6.49. The molecule has 0 fully saturated rings. The van der Waals surface area contributed by atoms with Crippen molar-refractivity contribution in [2.24, 2.45) is 5.92 Å². The summed E-state index contributed by atoms with van der Waals surface area (Å²) in [5, 5.41) is 1.02. The van der Waals surface area contributed by atoms with E-state index in [-0.39, 0.29) is 23.6 Å². The Hall–Kier alpha value is -4.66. The van der Waals surface area contributed by atoms with Crippen LogP contribution in [-0.4, -0.2) is 50.9 Å². The number of hydrogen-bond donors (Lipinski definition) is 1. The normalized spacial score (nSPS) is 19.4. The molecule has 224 valence electrons. The Morgan fingerprint density at radius 2 is 1.63 bits per heavy atom. The fourth-order valence-corrected chi connectivity index (χ4v) is 6.06. The Morgan fingerprint density at radius 3 is 2.35 bits per heavy atom. The standard InChI is InChI=1S/C23H24O6.C11H11NO2/c1-11(2)16-8-14-15(28-16)6-5-12-22(24)21-13-7-18(25-3)19(26-4)9-17(13)27-10-20(21)29-23(12)14;1-7-6-10(13)12-11-8(7)4-3-5-9(11)14-2/h5-7,9,11,16,20-21H,8,10H2,1-4H3;3-6H,1-2H3,(H,12,13). The van der Waals surface area contributed by atoms with Gasteiger partial charge in [0.15, 0.2) is 17.3 Å². The van der Waals surface area contributed by atoms with Crippen molar-refractivity contribution in [1.29, 1.82) is 0 Å². The Bertz CT molecular complexity index is 1770. The van der Waals surface area contributed by atoms with E-state index in [1.807, 2.05) is 43.3 Å². The van der Waals surface area contributed by atoms with Crippen molar-refractivity contribution in [2.45, 2.75) is 45.3 Å². The maximum absolute atomic E-state index is 13.5. The predicted octanol–water partition coefficient (Wildman–Crippen LogP) is 5.63. The summed E-state index contributed by atoms with van der Waals surface area (Å²) in [5.74, 6) is 3.94. The second kappa shape index (κ2) is 11.2. The van der Waals surface area contributed by atoms with Gasteiger partial charge in [-0.05, 0) is 42.7 Å². The van der Waals surface area contributed by atoms with Crippen LogP contribution in [-0.2, 0) is 6.42 Å². The Kier molecular flexibility index (Phi) is 7.42. The van der Waals surface area contributed by atoms with Crippen LogP contribution in [0.2, 0.25) is 0 Å². The van der Waals surface area contributed by atoms with E-state index in [1.54, 1.807) is 33.5 Å². The van der Waals surface area contributed by atoms with Gasteiger partial charge < -0.3 is 33.4 Å². The van der Waals surface area contributed by atoms with Crippen LogP contribution in [0.3, 0.4) is 0 Å². The van der Waals surface area contributed by atoms with Gasteiger partial charge in [-0.15, -0.1) is 0 Å². The van der Waals surface area contributed by atoms with Gasteiger partial charge in [-0.25, -0.2) is 0 Å². The third-order valence-corrected chi connectivity index (χ3v) is 8.35. The lowest BCUT2D eigenvalue weighted by Crippen LogP contribution is -2.43. The molecule has 4 aromatic rings. The van der Waals surface area contributed by atoms with E-state index >= 15 is 0 Å². The fourth-order valence-electron chi connectivity index (χ4n) is 6.06. The number of fused-ring (bicyclic) bond motifs is 7. The van der Waals surface area contributed by atoms with Crippen molar-refractivity contribution in [3.8, 4) is 34.5 Å². The number of pyridine rings is 1. The summed E-state index contributed by atoms with van der Waals surface area (Å²) in [4.78, 5) is 27.6. The number of methoxy groups -OCH3 is 3. The number of Topliss-reactive ketones (excluding diaryl/α,β-unsaturated/α-hetero) is 1. The van der Waals surface area contributed by atoms with E-state index in [0.29, 0.717) is 46.8 Å². The number of para-hydroxylation sites is 1. The largest absolute Gasteiger partial charge is 0.495 e. The molecule has 0 radical (unpaired) electrons. The maximum atomic E-state index is 13.5. The lowest BCUT2D eigenvalue weighted by Gasteiger charge is -2.37. The van der Waals surface area contributed by atoms with Crippen LogP contribution in [0.1, 0.15) is 46.8 Å². The second-order valence-corrected chi connectivity index (χ2v) is 11.3. The van der Waals surface area contributed by atoms with Gasteiger partial charge in [-0.1, -0.05) is 26.0 Å². The molecule has 3 aromatic carbocycles. The van der Waals surface area contributed by atoms with Crippen LogP contribution < -0.4 is 34.0 Å². The molecule has 9 nitrogen and oxygen atoms in total. The molecule has 3 atom stereocenters. The number of carbonyl (C=O) groups is 1. The molecule has 0 amide bonds. The molecular formula is C34H35NO8. The van der Waals surface area contributed by atoms with Gasteiger partial charge in [0.25, 0.3) is 0 Å². The van der Waals surface area contributed by atoms with Crippen molar-refractivity contribution >= 4 is 16.7 Å². The minimum absolute atomic E-state index is 0.0452. The molecular weight excluding hydrogens is 550 g/mol. The van der Waals surface area contributed by atoms with Crippen LogP contribution in [0.15, 0.2) is 53.3 Å². The third kappa shape index (κ3) is 4.92. The minimum atomic E-state index is -0.438. The van der Waals surface area contributed by atoms with Crippen molar-refractivity contribution in [3.63, 3.8) is 0 Å². The first kappa shape index (κ1) is 28.5. The molecule has 3 aliphatic heterocycles. The average molecular weight is 586 g/mol. The zero-order valence-corrected chi connectivity index (χ0v) is 25.1. The number of aromatic amines is 1. The molecule has 0 saturated carbocycles. The van der Waals surface area contributed by atoms with Gasteiger partial charge in [-0.3, -0.25) is 9.59 Å². The highest BCUT2D eigenvalue weighted by atomic mass is 16.5. The number of carbonyl (C=O) groups excluding carboxylic acids is 1. The quantitative estimate of drug-likeness (QED) is 0.329. The third-order valence-electron chi connectivity index (χ3n) is 8.35. The van der Waals surface area contributed by atoms with Gasteiger partial charge in [0.1, 0.15) is 41.8 Å². The maximum Gasteiger partial charge on any atom is 0.248 e. The summed E-state index contributed by atoms with van der Waals surface area (Å²) in [5.41, 5.74) is 4.00. The van der Waals surface area contributed by atoms with Crippen LogP contribution in [0.25, 0.3) is 10.9 Å². The highest BCUT2D eigenvalue weighted by molar-refractivity contribution is 6.06. The number of aromatic nitrogens is 1. The first-order chi connectivity index (χ1) is 20.7. The van der Waals surface area contributed by atoms with E-state index in [2.05, 4.69) is 18.8 Å². The Morgan fingerprint density at radius 1 is 0.884 bits per heavy atom. The lowest BCUT2D eigenvalue weighted by molar-refractivity contribution is 0.0554. The smallest absolute Gasteiger partial charge is 0.248 e. The van der Waals surface area contributed by atoms with Crippen LogP contribution in [0.4, 0.5) is 0 Å². The zero-order valence-electron chi connectivity index (χ0n) is 25.1. The first-order valence-electron chi connectivity index (χ1n) is 14.3. The van der Waals surface area contributed by atoms with Crippen LogP contribution in [0.5, 0.6) is 34.5 Å². The number of aryl methyl sites for hydroxylation is 1. The lowest BCUT2D eigenvalue weighted by atomic mass is 9.81. The summed E-state index contributed by atoms with van der Waals surface area (Å²) < 4.78 is 34.3. The topological polar surface area (TPSA) is 105 Å². The van der Waals surface area contributed by atoms with E-state index in [4.69, 9.17) is 28.4 Å². The molecule has 0 bridgehead atoms. The number of nitrogens with one attached hydrogen (secondary N) is 1. The molecule has 1 aromatic heterocycles. The van der Waals surface area contributed by atoms with Gasteiger partial charge >= 0.3 is 0 Å². The SMILES string of the molecule is COc1cc2c(cc1OC)C1C(=O)c3ccc4c(c3OC1CO2)CC(C(C)C)O4.COc1cccc2c(C)cc(=O)[nH]c12. The molecule has 0 saturated heterocycles. The van der Waals surface area contributed by atoms with Gasteiger partial charge in [0.05, 0.1) is 38.3 Å². The van der Waals surface area contributed by atoms with E-state index in [0.717, 1.165) is 39.8 Å². The monoisotopic (exact) mass is 585 g/mol. The molecule has 4 heterocycles. The number of ketones is 1. The fraction of sp³-hybridized carbons (Fsp3) is 0.353. The van der Waals surface area contributed by atoms with Gasteiger partial charge in [-0.2, -0.15) is 0 Å². The molecule has 7 rings (SSSR count). The Balaban J connectivity index is 0.000000197. The Labute approximate surface area is 249 Å². The van der Waals surface area contributed by atoms with Crippen LogP contribution >= 0.6 is 0 Å². The highest BCUT2D eigenvalue weighted by Crippen LogP contribution is 2.50. The predicted molar refractivity (Wildman–Crippen MR) is 162 cm³/mol. The summed E-state index contributed by atoms with van der Waals surface area (Å²) in [6, 6.07) is 14.6.